The van der Waals surface area contributed by atoms with Crippen LogP contribution in [0.5, 0.6) is 5.75 Å². The van der Waals surface area contributed by atoms with Crippen LogP contribution in [0.1, 0.15) is 19.8 Å². The zero-order valence-electron chi connectivity index (χ0n) is 14.6. The first-order chi connectivity index (χ1) is 12.5. The van der Waals surface area contributed by atoms with Crippen LogP contribution in [0.2, 0.25) is 10.0 Å². The van der Waals surface area contributed by atoms with E-state index < -0.39 is 6.10 Å². The highest BCUT2D eigenvalue weighted by atomic mass is 35.5. The molecule has 2 atom stereocenters. The fourth-order valence-electron chi connectivity index (χ4n) is 3.09. The lowest BCUT2D eigenvalue weighted by atomic mass is 10.1. The van der Waals surface area contributed by atoms with Gasteiger partial charge in [0.15, 0.2) is 6.10 Å². The van der Waals surface area contributed by atoms with Crippen LogP contribution in [0, 0.1) is 0 Å². The highest BCUT2D eigenvalue weighted by molar-refractivity contribution is 6.31. The lowest BCUT2D eigenvalue weighted by molar-refractivity contribution is -0.124. The van der Waals surface area contributed by atoms with E-state index >= 15 is 0 Å². The summed E-state index contributed by atoms with van der Waals surface area (Å²) < 4.78 is 5.83. The molecule has 1 saturated heterocycles. The number of benzene rings is 2. The van der Waals surface area contributed by atoms with Crippen molar-refractivity contribution >= 4 is 34.8 Å². The topological polar surface area (TPSA) is 41.6 Å². The second kappa shape index (κ2) is 8.76. The summed E-state index contributed by atoms with van der Waals surface area (Å²) in [7, 11) is 0. The Morgan fingerprint density at radius 1 is 1.23 bits per heavy atom. The van der Waals surface area contributed by atoms with Gasteiger partial charge < -0.3 is 15.0 Å². The van der Waals surface area contributed by atoms with E-state index in [1.54, 1.807) is 48.2 Å². The minimum absolute atomic E-state index is 0.0963. The van der Waals surface area contributed by atoms with Crippen LogP contribution in [0.15, 0.2) is 48.5 Å². The van der Waals surface area contributed by atoms with Gasteiger partial charge in [0.05, 0.1) is 0 Å². The smallest absolute Gasteiger partial charge is 0.267 e. The number of hydrogen-bond donors (Lipinski definition) is 1. The van der Waals surface area contributed by atoms with Crippen molar-refractivity contribution in [3.05, 3.63) is 58.6 Å². The largest absolute Gasteiger partial charge is 0.481 e. The number of hydrogen-bond acceptors (Lipinski definition) is 3. The van der Waals surface area contributed by atoms with Crippen LogP contribution in [0.4, 0.5) is 5.69 Å². The molecule has 3 rings (SSSR count). The molecule has 0 aliphatic carbocycles. The van der Waals surface area contributed by atoms with E-state index in [0.29, 0.717) is 22.3 Å². The quantitative estimate of drug-likeness (QED) is 0.783. The number of rotatable bonds is 6. The molecule has 1 fully saturated rings. The number of nitrogens with zero attached hydrogens (tertiary/aromatic N) is 1. The molecular weight excluding hydrogens is 371 g/mol. The zero-order valence-corrected chi connectivity index (χ0v) is 16.1. The van der Waals surface area contributed by atoms with Gasteiger partial charge in [-0.1, -0.05) is 29.3 Å². The maximum absolute atomic E-state index is 13.1. The van der Waals surface area contributed by atoms with Gasteiger partial charge in [0.1, 0.15) is 5.75 Å². The molecule has 1 heterocycles. The third-order valence-electron chi connectivity index (χ3n) is 4.43. The monoisotopic (exact) mass is 392 g/mol. The number of amides is 1. The molecule has 6 heteroatoms. The average Bonchev–Trinajstić information content (AvgIpc) is 3.13. The highest BCUT2D eigenvalue weighted by Crippen LogP contribution is 2.23. The molecule has 1 aliphatic heterocycles. The first-order valence-electron chi connectivity index (χ1n) is 8.75. The first kappa shape index (κ1) is 19.0. The SMILES string of the molecule is CC(Oc1cccc(Cl)c1)C(=O)N(C[C@H]1CCCN1)c1ccc(Cl)cc1. The van der Waals surface area contributed by atoms with Gasteiger partial charge >= 0.3 is 0 Å². The van der Waals surface area contributed by atoms with Crippen LogP contribution >= 0.6 is 23.2 Å². The van der Waals surface area contributed by atoms with Gasteiger partial charge in [0.2, 0.25) is 0 Å². The molecule has 2 aromatic rings. The van der Waals surface area contributed by atoms with E-state index in [-0.39, 0.29) is 11.9 Å². The second-order valence-corrected chi connectivity index (χ2v) is 7.31. The molecule has 2 aromatic carbocycles. The number of anilines is 1. The highest BCUT2D eigenvalue weighted by Gasteiger charge is 2.27. The van der Waals surface area contributed by atoms with Crippen molar-refractivity contribution in [2.75, 3.05) is 18.0 Å². The van der Waals surface area contributed by atoms with Crippen LogP contribution in [-0.4, -0.2) is 31.1 Å². The Morgan fingerprint density at radius 2 is 2.00 bits per heavy atom. The Morgan fingerprint density at radius 3 is 2.65 bits per heavy atom. The Kier molecular flexibility index (Phi) is 6.41. The summed E-state index contributed by atoms with van der Waals surface area (Å²) in [6.07, 6.45) is 1.55. The lowest BCUT2D eigenvalue weighted by Gasteiger charge is -2.29. The summed E-state index contributed by atoms with van der Waals surface area (Å²) in [4.78, 5) is 14.9. The normalized spacial score (nSPS) is 17.7. The standard InChI is InChI=1S/C20H22Cl2N2O2/c1-14(26-19-6-2-4-16(22)12-19)20(25)24(13-17-5-3-11-23-17)18-9-7-15(21)8-10-18/h2,4,6-10,12,14,17,23H,3,5,11,13H2,1H3/t14?,17-/m1/s1. The third-order valence-corrected chi connectivity index (χ3v) is 4.91. The van der Waals surface area contributed by atoms with Gasteiger partial charge in [-0.15, -0.1) is 0 Å². The predicted octanol–water partition coefficient (Wildman–Crippen LogP) is 4.55. The first-order valence-corrected chi connectivity index (χ1v) is 9.51. The van der Waals surface area contributed by atoms with E-state index in [1.165, 1.54) is 0 Å². The summed E-state index contributed by atoms with van der Waals surface area (Å²) >= 11 is 12.0. The molecule has 0 aromatic heterocycles. The summed E-state index contributed by atoms with van der Waals surface area (Å²) in [5, 5.41) is 4.66. The number of nitrogens with one attached hydrogen (secondary N) is 1. The van der Waals surface area contributed by atoms with Crippen molar-refractivity contribution in [1.82, 2.24) is 5.32 Å². The van der Waals surface area contributed by atoms with E-state index in [2.05, 4.69) is 5.32 Å². The maximum atomic E-state index is 13.1. The maximum Gasteiger partial charge on any atom is 0.267 e. The van der Waals surface area contributed by atoms with Crippen molar-refractivity contribution in [2.24, 2.45) is 0 Å². The molecule has 138 valence electrons. The Balaban J connectivity index is 1.77. The molecule has 1 unspecified atom stereocenters. The molecule has 0 radical (unpaired) electrons. The van der Waals surface area contributed by atoms with E-state index in [9.17, 15) is 4.79 Å². The van der Waals surface area contributed by atoms with Crippen molar-refractivity contribution in [2.45, 2.75) is 31.9 Å². The van der Waals surface area contributed by atoms with Crippen molar-refractivity contribution in [1.29, 1.82) is 0 Å². The molecule has 26 heavy (non-hydrogen) atoms. The van der Waals surface area contributed by atoms with E-state index in [1.807, 2.05) is 12.1 Å². The molecule has 0 bridgehead atoms. The minimum Gasteiger partial charge on any atom is -0.481 e. The number of ether oxygens (including phenoxy) is 1. The number of carbonyl (C=O) groups excluding carboxylic acids is 1. The molecule has 1 aliphatic rings. The number of halogens is 2. The van der Waals surface area contributed by atoms with Crippen molar-refractivity contribution < 1.29 is 9.53 Å². The lowest BCUT2D eigenvalue weighted by Crippen LogP contribution is -2.46. The Labute approximate surface area is 164 Å². The summed E-state index contributed by atoms with van der Waals surface area (Å²) in [5.74, 6) is 0.481. The number of carbonyl (C=O) groups is 1. The summed E-state index contributed by atoms with van der Waals surface area (Å²) in [6, 6.07) is 14.7. The van der Waals surface area contributed by atoms with Crippen molar-refractivity contribution in [3.8, 4) is 5.75 Å². The molecule has 0 spiro atoms. The van der Waals surface area contributed by atoms with E-state index in [0.717, 1.165) is 25.1 Å². The summed E-state index contributed by atoms with van der Waals surface area (Å²) in [6.45, 7) is 3.35. The minimum atomic E-state index is -0.634. The predicted molar refractivity (Wildman–Crippen MR) is 106 cm³/mol. The fraction of sp³-hybridized carbons (Fsp3) is 0.350. The Bertz CT molecular complexity index is 746. The summed E-state index contributed by atoms with van der Waals surface area (Å²) in [5.41, 5.74) is 0.814. The Hall–Kier alpha value is -1.75. The van der Waals surface area contributed by atoms with Gasteiger partial charge in [-0.25, -0.2) is 0 Å². The van der Waals surface area contributed by atoms with Gasteiger partial charge in [0, 0.05) is 28.3 Å². The molecule has 4 nitrogen and oxygen atoms in total. The fourth-order valence-corrected chi connectivity index (χ4v) is 3.40. The average molecular weight is 393 g/mol. The van der Waals surface area contributed by atoms with Crippen LogP contribution < -0.4 is 15.0 Å². The van der Waals surface area contributed by atoms with Gasteiger partial charge in [-0.2, -0.15) is 0 Å². The van der Waals surface area contributed by atoms with Crippen LogP contribution in [-0.2, 0) is 4.79 Å². The van der Waals surface area contributed by atoms with Crippen LogP contribution in [0.25, 0.3) is 0 Å². The van der Waals surface area contributed by atoms with Gasteiger partial charge in [-0.05, 0) is 68.8 Å². The van der Waals surface area contributed by atoms with Crippen LogP contribution in [0.3, 0.4) is 0 Å². The second-order valence-electron chi connectivity index (χ2n) is 6.44. The van der Waals surface area contributed by atoms with Crippen molar-refractivity contribution in [3.63, 3.8) is 0 Å². The molecule has 1 N–H and O–H groups in total. The molecule has 1 amide bonds. The zero-order chi connectivity index (χ0) is 18.5. The third kappa shape index (κ3) is 4.91. The molecule has 0 saturated carbocycles. The molecular formula is C20H22Cl2N2O2. The van der Waals surface area contributed by atoms with E-state index in [4.69, 9.17) is 27.9 Å². The van der Waals surface area contributed by atoms with Gasteiger partial charge in [-0.3, -0.25) is 4.79 Å². The van der Waals surface area contributed by atoms with Gasteiger partial charge in [0.25, 0.3) is 5.91 Å².